The van der Waals surface area contributed by atoms with Gasteiger partial charge in [0, 0.05) is 17.3 Å². The van der Waals surface area contributed by atoms with E-state index in [0.717, 1.165) is 5.69 Å². The molecule has 3 N–H and O–H groups in total. The third-order valence-electron chi connectivity index (χ3n) is 4.19. The Kier molecular flexibility index (Phi) is 3.95. The summed E-state index contributed by atoms with van der Waals surface area (Å²) < 4.78 is 11.3. The van der Waals surface area contributed by atoms with E-state index in [-0.39, 0.29) is 11.4 Å². The molecule has 3 aromatic rings. The summed E-state index contributed by atoms with van der Waals surface area (Å²) in [6, 6.07) is 7.25. The SMILES string of the molecule is CC(C)(C)Nc1nc(Nc2ccc3c(c2)NC(=O)C(C)(C)O3)nc2ccoc12. The molecule has 3 heterocycles. The number of rotatable bonds is 3. The second kappa shape index (κ2) is 6.12. The Morgan fingerprint density at radius 3 is 2.68 bits per heavy atom. The molecule has 1 amide bonds. The number of anilines is 4. The molecule has 0 atom stereocenters. The molecule has 146 valence electrons. The van der Waals surface area contributed by atoms with Gasteiger partial charge in [-0.3, -0.25) is 4.79 Å². The molecule has 2 aromatic heterocycles. The lowest BCUT2D eigenvalue weighted by molar-refractivity contribution is -0.129. The lowest BCUT2D eigenvalue weighted by atomic mass is 10.1. The first-order valence-corrected chi connectivity index (χ1v) is 9.06. The maximum atomic E-state index is 12.1. The summed E-state index contributed by atoms with van der Waals surface area (Å²) >= 11 is 0. The van der Waals surface area contributed by atoms with E-state index in [1.54, 1.807) is 32.2 Å². The molecule has 0 radical (unpaired) electrons. The zero-order valence-electron chi connectivity index (χ0n) is 16.5. The normalized spacial score (nSPS) is 15.5. The van der Waals surface area contributed by atoms with Crippen LogP contribution in [0.15, 0.2) is 34.9 Å². The zero-order chi connectivity index (χ0) is 20.1. The van der Waals surface area contributed by atoms with Crippen LogP contribution in [0.5, 0.6) is 5.75 Å². The van der Waals surface area contributed by atoms with Crippen LogP contribution in [-0.4, -0.2) is 27.0 Å². The van der Waals surface area contributed by atoms with Crippen molar-refractivity contribution in [1.82, 2.24) is 9.97 Å². The topological polar surface area (TPSA) is 101 Å². The van der Waals surface area contributed by atoms with Crippen LogP contribution in [0, 0.1) is 0 Å². The van der Waals surface area contributed by atoms with Gasteiger partial charge in [-0.2, -0.15) is 4.98 Å². The quantitative estimate of drug-likeness (QED) is 0.622. The van der Waals surface area contributed by atoms with E-state index >= 15 is 0 Å². The van der Waals surface area contributed by atoms with Gasteiger partial charge in [0.2, 0.25) is 5.95 Å². The van der Waals surface area contributed by atoms with Gasteiger partial charge >= 0.3 is 0 Å². The minimum atomic E-state index is -0.898. The lowest BCUT2D eigenvalue weighted by Crippen LogP contribution is -2.45. The van der Waals surface area contributed by atoms with E-state index < -0.39 is 5.60 Å². The molecule has 0 bridgehead atoms. The number of nitrogens with zero attached hydrogens (tertiary/aromatic N) is 2. The number of aromatic nitrogens is 2. The molecule has 4 rings (SSSR count). The predicted octanol–water partition coefficient (Wildman–Crippen LogP) is 4.29. The van der Waals surface area contributed by atoms with Crippen LogP contribution in [0.3, 0.4) is 0 Å². The highest BCUT2D eigenvalue weighted by atomic mass is 16.5. The van der Waals surface area contributed by atoms with Gasteiger partial charge in [0.25, 0.3) is 5.91 Å². The number of amides is 1. The molecule has 0 spiro atoms. The number of hydrogen-bond acceptors (Lipinski definition) is 7. The summed E-state index contributed by atoms with van der Waals surface area (Å²) in [6.07, 6.45) is 1.59. The first-order valence-electron chi connectivity index (χ1n) is 9.06. The van der Waals surface area contributed by atoms with E-state index in [9.17, 15) is 4.79 Å². The maximum Gasteiger partial charge on any atom is 0.268 e. The van der Waals surface area contributed by atoms with Gasteiger partial charge < -0.3 is 25.1 Å². The van der Waals surface area contributed by atoms with E-state index in [2.05, 4.69) is 25.9 Å². The van der Waals surface area contributed by atoms with Crippen LogP contribution in [0.25, 0.3) is 11.1 Å². The van der Waals surface area contributed by atoms with Crippen molar-refractivity contribution in [3.05, 3.63) is 30.5 Å². The number of nitrogens with one attached hydrogen (secondary N) is 3. The number of ether oxygens (including phenoxy) is 1. The summed E-state index contributed by atoms with van der Waals surface area (Å²) in [6.45, 7) is 9.60. The van der Waals surface area contributed by atoms with Gasteiger partial charge in [0.1, 0.15) is 11.3 Å². The monoisotopic (exact) mass is 381 g/mol. The Labute approximate surface area is 162 Å². The second-order valence-electron chi connectivity index (χ2n) is 8.31. The summed E-state index contributed by atoms with van der Waals surface area (Å²) in [5.74, 6) is 1.46. The van der Waals surface area contributed by atoms with Crippen LogP contribution in [0.1, 0.15) is 34.6 Å². The summed E-state index contributed by atoms with van der Waals surface area (Å²) in [4.78, 5) is 21.2. The van der Waals surface area contributed by atoms with Crippen molar-refractivity contribution in [2.24, 2.45) is 0 Å². The second-order valence-corrected chi connectivity index (χ2v) is 8.31. The largest absolute Gasteiger partial charge is 0.476 e. The number of carbonyl (C=O) groups is 1. The van der Waals surface area contributed by atoms with Crippen LogP contribution in [-0.2, 0) is 4.79 Å². The van der Waals surface area contributed by atoms with E-state index in [4.69, 9.17) is 9.15 Å². The summed E-state index contributed by atoms with van der Waals surface area (Å²) in [5.41, 5.74) is 1.55. The first-order chi connectivity index (χ1) is 13.1. The maximum absolute atomic E-state index is 12.1. The number of furan rings is 1. The molecule has 8 nitrogen and oxygen atoms in total. The van der Waals surface area contributed by atoms with Crippen molar-refractivity contribution in [2.45, 2.75) is 45.8 Å². The van der Waals surface area contributed by atoms with Crippen molar-refractivity contribution in [2.75, 3.05) is 16.0 Å². The Balaban J connectivity index is 1.66. The molecule has 0 unspecified atom stereocenters. The predicted molar refractivity (Wildman–Crippen MR) is 108 cm³/mol. The highest BCUT2D eigenvalue weighted by Crippen LogP contribution is 2.36. The molecule has 1 aromatic carbocycles. The minimum Gasteiger partial charge on any atom is -0.476 e. The molecule has 8 heteroatoms. The van der Waals surface area contributed by atoms with Gasteiger partial charge in [-0.05, 0) is 52.8 Å². The minimum absolute atomic E-state index is 0.189. The lowest BCUT2D eigenvalue weighted by Gasteiger charge is -2.31. The number of hydrogen-bond donors (Lipinski definition) is 3. The molecule has 0 saturated heterocycles. The average Bonchev–Trinajstić information content (AvgIpc) is 3.03. The summed E-state index contributed by atoms with van der Waals surface area (Å²) in [5, 5.41) is 9.40. The van der Waals surface area contributed by atoms with E-state index in [1.165, 1.54) is 0 Å². The van der Waals surface area contributed by atoms with Gasteiger partial charge in [-0.1, -0.05) is 0 Å². The van der Waals surface area contributed by atoms with E-state index in [1.807, 2.05) is 32.9 Å². The van der Waals surface area contributed by atoms with Crippen molar-refractivity contribution in [1.29, 1.82) is 0 Å². The third kappa shape index (κ3) is 3.45. The Morgan fingerprint density at radius 1 is 1.14 bits per heavy atom. The standard InChI is InChI=1S/C20H23N5O3/c1-19(2,3)25-16-15-12(8-9-27-15)23-18(24-16)21-11-6-7-14-13(10-11)22-17(26)20(4,5)28-14/h6-10H,1-5H3,(H,22,26)(H2,21,23,24,25). The third-order valence-corrected chi connectivity index (χ3v) is 4.19. The fourth-order valence-corrected chi connectivity index (χ4v) is 2.88. The van der Waals surface area contributed by atoms with Crippen molar-refractivity contribution >= 4 is 40.1 Å². The molecule has 0 saturated carbocycles. The van der Waals surface area contributed by atoms with Gasteiger partial charge in [-0.25, -0.2) is 4.98 Å². The van der Waals surface area contributed by atoms with Crippen molar-refractivity contribution in [3.63, 3.8) is 0 Å². The van der Waals surface area contributed by atoms with Crippen LogP contribution in [0.2, 0.25) is 0 Å². The molecule has 0 aliphatic carbocycles. The fraction of sp³-hybridized carbons (Fsp3) is 0.350. The zero-order valence-corrected chi connectivity index (χ0v) is 16.5. The molecule has 28 heavy (non-hydrogen) atoms. The van der Waals surface area contributed by atoms with E-state index in [0.29, 0.717) is 34.3 Å². The molecule has 0 fully saturated rings. The van der Waals surface area contributed by atoms with Crippen LogP contribution < -0.4 is 20.7 Å². The van der Waals surface area contributed by atoms with Crippen LogP contribution >= 0.6 is 0 Å². The fourth-order valence-electron chi connectivity index (χ4n) is 2.88. The van der Waals surface area contributed by atoms with Gasteiger partial charge in [-0.15, -0.1) is 0 Å². The number of fused-ring (bicyclic) bond motifs is 2. The molecular weight excluding hydrogens is 358 g/mol. The highest BCUT2D eigenvalue weighted by molar-refractivity contribution is 6.00. The Bertz CT molecular complexity index is 1070. The summed E-state index contributed by atoms with van der Waals surface area (Å²) in [7, 11) is 0. The van der Waals surface area contributed by atoms with Crippen LogP contribution in [0.4, 0.5) is 23.1 Å². The molecule has 1 aliphatic rings. The van der Waals surface area contributed by atoms with Gasteiger partial charge in [0.15, 0.2) is 17.0 Å². The molecular formula is C20H23N5O3. The first kappa shape index (κ1) is 18.1. The smallest absolute Gasteiger partial charge is 0.268 e. The molecule has 1 aliphatic heterocycles. The Hall–Kier alpha value is -3.29. The van der Waals surface area contributed by atoms with Crippen molar-refractivity contribution in [3.8, 4) is 5.75 Å². The number of carbonyl (C=O) groups excluding carboxylic acids is 1. The van der Waals surface area contributed by atoms with Gasteiger partial charge in [0.05, 0.1) is 12.0 Å². The average molecular weight is 381 g/mol. The van der Waals surface area contributed by atoms with Crippen molar-refractivity contribution < 1.29 is 13.9 Å². The number of benzene rings is 1. The Morgan fingerprint density at radius 2 is 1.93 bits per heavy atom. The highest BCUT2D eigenvalue weighted by Gasteiger charge is 2.35.